The van der Waals surface area contributed by atoms with E-state index in [0.29, 0.717) is 21.2 Å². The second-order valence-electron chi connectivity index (χ2n) is 0.736. The molecular formula is CHF2IO2S. The zero-order valence-corrected chi connectivity index (χ0v) is 5.91. The summed E-state index contributed by atoms with van der Waals surface area (Å²) >= 11 is 0.689. The van der Waals surface area contributed by atoms with Crippen molar-refractivity contribution in [3.8, 4) is 0 Å². The Bertz CT molecular complexity index is 138. The Kier molecular flexibility index (Phi) is 2.38. The highest BCUT2D eigenvalue weighted by Crippen LogP contribution is 2.11. The van der Waals surface area contributed by atoms with Crippen LogP contribution in [0.4, 0.5) is 8.78 Å². The Morgan fingerprint density at radius 3 is 1.57 bits per heavy atom. The van der Waals surface area contributed by atoms with E-state index in [1.165, 1.54) is 0 Å². The quantitative estimate of drug-likeness (QED) is 0.507. The molecule has 0 fully saturated rings. The van der Waals surface area contributed by atoms with Gasteiger partial charge in [0, 0.05) is 0 Å². The third kappa shape index (κ3) is 3.15. The van der Waals surface area contributed by atoms with Crippen LogP contribution in [0.5, 0.6) is 0 Å². The standard InChI is InChI=1S/CHF2IO2S/c2-1(3)7(4,5)6/h1H. The van der Waals surface area contributed by atoms with Crippen LogP contribution in [-0.2, 0) is 7.01 Å². The first-order chi connectivity index (χ1) is 2.94. The predicted molar refractivity (Wildman–Crippen MR) is 28.9 cm³/mol. The van der Waals surface area contributed by atoms with Gasteiger partial charge in [-0.3, -0.25) is 0 Å². The molecule has 0 spiro atoms. The lowest BCUT2D eigenvalue weighted by Gasteiger charge is -1.86. The molecule has 0 radical (unpaired) electrons. The average Bonchev–Trinajstić information content (AvgIpc) is 1.31. The van der Waals surface area contributed by atoms with E-state index < -0.39 is 12.8 Å². The molecule has 0 aliphatic carbocycles. The Hall–Kier alpha value is 0.540. The molecule has 0 N–H and O–H groups in total. The minimum Gasteiger partial charge on any atom is -0.212 e. The monoisotopic (exact) mass is 242 g/mol. The SMILES string of the molecule is O=S(=O)(I)C(F)F. The fourth-order valence-corrected chi connectivity index (χ4v) is 0. The Morgan fingerprint density at radius 2 is 1.57 bits per heavy atom. The molecule has 0 saturated heterocycles. The summed E-state index contributed by atoms with van der Waals surface area (Å²) in [6, 6.07) is 0. The van der Waals surface area contributed by atoms with Crippen molar-refractivity contribution in [2.24, 2.45) is 0 Å². The Labute approximate surface area is 51.4 Å². The lowest BCUT2D eigenvalue weighted by atomic mass is 11.7. The molecular weight excluding hydrogens is 241 g/mol. The maximum atomic E-state index is 10.9. The van der Waals surface area contributed by atoms with Crippen molar-refractivity contribution < 1.29 is 17.2 Å². The lowest BCUT2D eigenvalue weighted by molar-refractivity contribution is 0.239. The lowest BCUT2D eigenvalue weighted by Crippen LogP contribution is -1.99. The van der Waals surface area contributed by atoms with E-state index in [1.54, 1.807) is 0 Å². The van der Waals surface area contributed by atoms with Gasteiger partial charge in [-0.05, 0) is 0 Å². The van der Waals surface area contributed by atoms with Crippen LogP contribution in [0.1, 0.15) is 0 Å². The number of rotatable bonds is 1. The van der Waals surface area contributed by atoms with Gasteiger partial charge in [0.05, 0.1) is 21.2 Å². The second kappa shape index (κ2) is 2.21. The van der Waals surface area contributed by atoms with Crippen molar-refractivity contribution in [2.45, 2.75) is 5.76 Å². The third-order valence-electron chi connectivity index (χ3n) is 0.213. The van der Waals surface area contributed by atoms with Crippen LogP contribution in [0, 0.1) is 0 Å². The molecule has 0 heterocycles. The van der Waals surface area contributed by atoms with Crippen LogP contribution in [0.25, 0.3) is 0 Å². The predicted octanol–water partition coefficient (Wildman–Crippen LogP) is 0.974. The summed E-state index contributed by atoms with van der Waals surface area (Å²) in [6.45, 7) is 0. The molecule has 0 aliphatic heterocycles. The van der Waals surface area contributed by atoms with Gasteiger partial charge >= 0.3 is 5.76 Å². The van der Waals surface area contributed by atoms with E-state index in [2.05, 4.69) is 0 Å². The van der Waals surface area contributed by atoms with Crippen molar-refractivity contribution in [3.63, 3.8) is 0 Å². The van der Waals surface area contributed by atoms with E-state index in [1.807, 2.05) is 0 Å². The molecule has 7 heavy (non-hydrogen) atoms. The first kappa shape index (κ1) is 7.54. The van der Waals surface area contributed by atoms with Gasteiger partial charge in [0.2, 0.25) is 0 Å². The number of halogens is 3. The van der Waals surface area contributed by atoms with E-state index in [-0.39, 0.29) is 0 Å². The van der Waals surface area contributed by atoms with Crippen molar-refractivity contribution in [1.29, 1.82) is 0 Å². The molecule has 6 heteroatoms. The van der Waals surface area contributed by atoms with Gasteiger partial charge in [-0.2, -0.15) is 8.78 Å². The van der Waals surface area contributed by atoms with Gasteiger partial charge in [-0.15, -0.1) is 0 Å². The van der Waals surface area contributed by atoms with Crippen molar-refractivity contribution in [3.05, 3.63) is 0 Å². The summed E-state index contributed by atoms with van der Waals surface area (Å²) in [5.41, 5.74) is 0. The smallest absolute Gasteiger partial charge is 0.212 e. The van der Waals surface area contributed by atoms with Crippen LogP contribution in [0.15, 0.2) is 0 Å². The Morgan fingerprint density at radius 1 is 1.43 bits per heavy atom. The van der Waals surface area contributed by atoms with Gasteiger partial charge in [-0.25, -0.2) is 8.42 Å². The van der Waals surface area contributed by atoms with E-state index in [9.17, 15) is 17.2 Å². The van der Waals surface area contributed by atoms with Crippen molar-refractivity contribution >= 4 is 28.2 Å². The minimum absolute atomic E-state index is 0.689. The summed E-state index contributed by atoms with van der Waals surface area (Å²) in [7, 11) is -4.10. The molecule has 0 amide bonds. The first-order valence-electron chi connectivity index (χ1n) is 1.16. The maximum absolute atomic E-state index is 10.9. The fraction of sp³-hybridized carbons (Fsp3) is 1.00. The third-order valence-corrected chi connectivity index (χ3v) is 1.79. The largest absolute Gasteiger partial charge is 0.345 e. The van der Waals surface area contributed by atoms with Crippen LogP contribution in [0.2, 0.25) is 0 Å². The number of alkyl halides is 2. The zero-order chi connectivity index (χ0) is 6.08. The molecule has 44 valence electrons. The number of hydrogen-bond donors (Lipinski definition) is 0. The van der Waals surface area contributed by atoms with Gasteiger partial charge in [0.25, 0.3) is 7.01 Å². The fourth-order valence-electron chi connectivity index (χ4n) is 0. The van der Waals surface area contributed by atoms with Crippen molar-refractivity contribution in [2.75, 3.05) is 0 Å². The normalized spacial score (nSPS) is 12.6. The summed E-state index contributed by atoms with van der Waals surface area (Å²) in [6.07, 6.45) is 0. The van der Waals surface area contributed by atoms with Gasteiger partial charge < -0.3 is 0 Å². The molecule has 0 atom stereocenters. The van der Waals surface area contributed by atoms with Crippen LogP contribution in [0.3, 0.4) is 0 Å². The van der Waals surface area contributed by atoms with E-state index >= 15 is 0 Å². The molecule has 0 rings (SSSR count). The van der Waals surface area contributed by atoms with Crippen LogP contribution in [-0.4, -0.2) is 14.2 Å². The Balaban J connectivity index is 4.10. The topological polar surface area (TPSA) is 34.1 Å². The summed E-state index contributed by atoms with van der Waals surface area (Å²) < 4.78 is 41.0. The molecule has 0 unspecified atom stereocenters. The van der Waals surface area contributed by atoms with Gasteiger partial charge in [0.15, 0.2) is 0 Å². The van der Waals surface area contributed by atoms with E-state index in [4.69, 9.17) is 0 Å². The second-order valence-corrected chi connectivity index (χ2v) is 5.73. The highest BCUT2D eigenvalue weighted by Gasteiger charge is 2.18. The van der Waals surface area contributed by atoms with Gasteiger partial charge in [0.1, 0.15) is 0 Å². The summed E-state index contributed by atoms with van der Waals surface area (Å²) in [5, 5.41) is 0. The van der Waals surface area contributed by atoms with Crippen LogP contribution >= 0.6 is 21.2 Å². The van der Waals surface area contributed by atoms with Crippen LogP contribution < -0.4 is 0 Å². The summed E-state index contributed by atoms with van der Waals surface area (Å²) in [5.74, 6) is -3.24. The molecule has 0 aliphatic rings. The first-order valence-corrected chi connectivity index (χ1v) is 5.25. The molecule has 0 aromatic rings. The highest BCUT2D eigenvalue weighted by atomic mass is 127. The molecule has 0 aromatic heterocycles. The highest BCUT2D eigenvalue weighted by molar-refractivity contribution is 14.2. The minimum atomic E-state index is -4.10. The number of hydrogen-bond acceptors (Lipinski definition) is 2. The van der Waals surface area contributed by atoms with Crippen molar-refractivity contribution in [1.82, 2.24) is 0 Å². The molecule has 2 nitrogen and oxygen atoms in total. The molecule has 0 bridgehead atoms. The average molecular weight is 242 g/mol. The van der Waals surface area contributed by atoms with Gasteiger partial charge in [-0.1, -0.05) is 0 Å². The zero-order valence-electron chi connectivity index (χ0n) is 2.94. The van der Waals surface area contributed by atoms with E-state index in [0.717, 1.165) is 0 Å². The summed E-state index contributed by atoms with van der Waals surface area (Å²) in [4.78, 5) is 0. The molecule has 0 aromatic carbocycles. The molecule has 0 saturated carbocycles. The maximum Gasteiger partial charge on any atom is 0.345 e.